The average molecular weight is 272 g/mol. The van der Waals surface area contributed by atoms with E-state index in [1.165, 1.54) is 6.42 Å². The van der Waals surface area contributed by atoms with Crippen LogP contribution in [0.2, 0.25) is 0 Å². The number of likely N-dealkylation sites (tertiary alicyclic amines) is 1. The van der Waals surface area contributed by atoms with Gasteiger partial charge >= 0.3 is 6.03 Å². The number of urea groups is 1. The van der Waals surface area contributed by atoms with E-state index >= 15 is 0 Å². The first-order valence-corrected chi connectivity index (χ1v) is 6.97. The minimum atomic E-state index is -0.163. The number of rotatable bonds is 1. The molecule has 1 aliphatic heterocycles. The van der Waals surface area contributed by atoms with Gasteiger partial charge in [0.1, 0.15) is 6.61 Å². The van der Waals surface area contributed by atoms with Gasteiger partial charge in [0.05, 0.1) is 0 Å². The van der Waals surface area contributed by atoms with Crippen molar-refractivity contribution in [1.82, 2.24) is 4.90 Å². The lowest BCUT2D eigenvalue weighted by atomic mass is 10.1. The molecule has 20 heavy (non-hydrogen) atoms. The van der Waals surface area contributed by atoms with E-state index < -0.39 is 0 Å². The van der Waals surface area contributed by atoms with Crippen molar-refractivity contribution >= 4 is 11.7 Å². The fraction of sp³-hybridized carbons (Fsp3) is 0.438. The summed E-state index contributed by atoms with van der Waals surface area (Å²) in [6.07, 6.45) is 3.36. The molecule has 1 heterocycles. The predicted molar refractivity (Wildman–Crippen MR) is 79.6 cm³/mol. The molecule has 2 N–H and O–H groups in total. The lowest BCUT2D eigenvalue weighted by Gasteiger charge is -2.27. The van der Waals surface area contributed by atoms with Crippen molar-refractivity contribution in [2.24, 2.45) is 0 Å². The monoisotopic (exact) mass is 272 g/mol. The molecule has 0 radical (unpaired) electrons. The normalized spacial score (nSPS) is 14.4. The maximum absolute atomic E-state index is 12.2. The van der Waals surface area contributed by atoms with Gasteiger partial charge in [0.15, 0.2) is 0 Å². The summed E-state index contributed by atoms with van der Waals surface area (Å²) < 4.78 is 0. The number of aliphatic hydroxyl groups excluding tert-OH is 1. The summed E-state index contributed by atoms with van der Waals surface area (Å²) in [4.78, 5) is 14.0. The van der Waals surface area contributed by atoms with Crippen LogP contribution >= 0.6 is 0 Å². The van der Waals surface area contributed by atoms with Crippen molar-refractivity contribution in [2.75, 3.05) is 25.0 Å². The molecule has 106 valence electrons. The van der Waals surface area contributed by atoms with Crippen molar-refractivity contribution in [1.29, 1.82) is 0 Å². The second kappa shape index (κ2) is 6.97. The zero-order chi connectivity index (χ0) is 14.4. The number of benzene rings is 1. The van der Waals surface area contributed by atoms with E-state index in [9.17, 15) is 4.79 Å². The van der Waals surface area contributed by atoms with Crippen LogP contribution in [0.3, 0.4) is 0 Å². The number of hydrogen-bond donors (Lipinski definition) is 2. The quantitative estimate of drug-likeness (QED) is 0.771. The number of carbonyl (C=O) groups is 1. The second-order valence-electron chi connectivity index (χ2n) is 4.97. The number of hydrogen-bond acceptors (Lipinski definition) is 2. The molecule has 0 aliphatic carbocycles. The number of piperidine rings is 1. The molecule has 0 atom stereocenters. The van der Waals surface area contributed by atoms with Gasteiger partial charge in [0, 0.05) is 24.3 Å². The van der Waals surface area contributed by atoms with Crippen LogP contribution < -0.4 is 5.32 Å². The molecule has 0 spiro atoms. The predicted octanol–water partition coefficient (Wildman–Crippen LogP) is 2.36. The van der Waals surface area contributed by atoms with Crippen LogP contribution in [-0.4, -0.2) is 35.7 Å². The standard InChI is InChI=1S/C16H20N2O2/c1-13-7-8-14(6-5-11-19)12-15(13)17-16(20)18-9-3-2-4-10-18/h7-8,12,19H,2-4,9-11H2,1H3,(H,17,20). The zero-order valence-electron chi connectivity index (χ0n) is 11.8. The summed E-state index contributed by atoms with van der Waals surface area (Å²) in [5.41, 5.74) is 2.58. The van der Waals surface area contributed by atoms with Gasteiger partial charge in [-0.3, -0.25) is 0 Å². The SMILES string of the molecule is Cc1ccc(C#CCO)cc1NC(=O)N1CCCCC1. The fourth-order valence-electron chi connectivity index (χ4n) is 2.27. The summed E-state index contributed by atoms with van der Waals surface area (Å²) in [5, 5.41) is 11.7. The van der Waals surface area contributed by atoms with Crippen LogP contribution in [0.4, 0.5) is 10.5 Å². The Bertz CT molecular complexity index is 537. The first kappa shape index (κ1) is 14.4. The second-order valence-corrected chi connectivity index (χ2v) is 4.97. The van der Waals surface area contributed by atoms with Crippen LogP contribution in [0.25, 0.3) is 0 Å². The smallest absolute Gasteiger partial charge is 0.321 e. The van der Waals surface area contributed by atoms with E-state index in [-0.39, 0.29) is 12.6 Å². The Balaban J connectivity index is 2.09. The molecule has 0 bridgehead atoms. The molecule has 0 aromatic heterocycles. The van der Waals surface area contributed by atoms with Crippen LogP contribution in [-0.2, 0) is 0 Å². The largest absolute Gasteiger partial charge is 0.384 e. The number of aryl methyl sites for hydroxylation is 1. The molecule has 0 saturated carbocycles. The Morgan fingerprint density at radius 1 is 1.35 bits per heavy atom. The van der Waals surface area contributed by atoms with Gasteiger partial charge in [-0.25, -0.2) is 4.79 Å². The molecule has 1 aromatic carbocycles. The third-order valence-corrected chi connectivity index (χ3v) is 3.43. The Labute approximate surface area is 119 Å². The number of nitrogens with zero attached hydrogens (tertiary/aromatic N) is 1. The highest BCUT2D eigenvalue weighted by Gasteiger charge is 2.16. The number of aliphatic hydroxyl groups is 1. The minimum absolute atomic E-state index is 0.0416. The average Bonchev–Trinajstić information content (AvgIpc) is 2.49. The highest BCUT2D eigenvalue weighted by Crippen LogP contribution is 2.18. The molecular weight excluding hydrogens is 252 g/mol. The first-order chi connectivity index (χ1) is 9.70. The van der Waals surface area contributed by atoms with Gasteiger partial charge in [0.25, 0.3) is 0 Å². The molecular formula is C16H20N2O2. The Hall–Kier alpha value is -1.99. The van der Waals surface area contributed by atoms with E-state index in [1.807, 2.05) is 30.0 Å². The molecule has 2 rings (SSSR count). The van der Waals surface area contributed by atoms with E-state index in [1.54, 1.807) is 0 Å². The van der Waals surface area contributed by atoms with Gasteiger partial charge in [-0.2, -0.15) is 0 Å². The molecule has 1 aliphatic rings. The summed E-state index contributed by atoms with van der Waals surface area (Å²) >= 11 is 0. The van der Waals surface area contributed by atoms with E-state index in [2.05, 4.69) is 17.2 Å². The molecule has 0 unspecified atom stereocenters. The molecule has 4 nitrogen and oxygen atoms in total. The molecule has 1 fully saturated rings. The van der Waals surface area contributed by atoms with Crippen LogP contribution in [0, 0.1) is 18.8 Å². The summed E-state index contributed by atoms with van der Waals surface area (Å²) in [6, 6.07) is 5.61. The third-order valence-electron chi connectivity index (χ3n) is 3.43. The van der Waals surface area contributed by atoms with E-state index in [0.717, 1.165) is 42.7 Å². The fourth-order valence-corrected chi connectivity index (χ4v) is 2.27. The Morgan fingerprint density at radius 2 is 2.10 bits per heavy atom. The Kier molecular flexibility index (Phi) is 5.03. The van der Waals surface area contributed by atoms with Crippen LogP contribution in [0.5, 0.6) is 0 Å². The Morgan fingerprint density at radius 3 is 2.80 bits per heavy atom. The number of amides is 2. The lowest BCUT2D eigenvalue weighted by Crippen LogP contribution is -2.38. The highest BCUT2D eigenvalue weighted by atomic mass is 16.2. The number of anilines is 1. The first-order valence-electron chi connectivity index (χ1n) is 6.97. The van der Waals surface area contributed by atoms with Crippen molar-refractivity contribution < 1.29 is 9.90 Å². The maximum Gasteiger partial charge on any atom is 0.321 e. The van der Waals surface area contributed by atoms with Crippen molar-refractivity contribution in [3.8, 4) is 11.8 Å². The topological polar surface area (TPSA) is 52.6 Å². The number of carbonyl (C=O) groups excluding carboxylic acids is 1. The minimum Gasteiger partial charge on any atom is -0.384 e. The van der Waals surface area contributed by atoms with Gasteiger partial charge in [-0.1, -0.05) is 17.9 Å². The van der Waals surface area contributed by atoms with E-state index in [0.29, 0.717) is 0 Å². The molecule has 2 amide bonds. The van der Waals surface area contributed by atoms with Crippen molar-refractivity contribution in [3.63, 3.8) is 0 Å². The molecule has 1 saturated heterocycles. The highest BCUT2D eigenvalue weighted by molar-refractivity contribution is 5.90. The van der Waals surface area contributed by atoms with Crippen molar-refractivity contribution in [2.45, 2.75) is 26.2 Å². The summed E-state index contributed by atoms with van der Waals surface area (Å²) in [6.45, 7) is 3.45. The summed E-state index contributed by atoms with van der Waals surface area (Å²) in [5.74, 6) is 5.46. The zero-order valence-corrected chi connectivity index (χ0v) is 11.8. The maximum atomic E-state index is 12.2. The number of nitrogens with one attached hydrogen (secondary N) is 1. The summed E-state index contributed by atoms with van der Waals surface area (Å²) in [7, 11) is 0. The molecule has 4 heteroatoms. The van der Waals surface area contributed by atoms with Gasteiger partial charge in [0.2, 0.25) is 0 Å². The lowest BCUT2D eigenvalue weighted by molar-refractivity contribution is 0.200. The van der Waals surface area contributed by atoms with Gasteiger partial charge in [-0.15, -0.1) is 0 Å². The van der Waals surface area contributed by atoms with Crippen molar-refractivity contribution in [3.05, 3.63) is 29.3 Å². The van der Waals surface area contributed by atoms with Crippen LogP contribution in [0.15, 0.2) is 18.2 Å². The van der Waals surface area contributed by atoms with Gasteiger partial charge in [-0.05, 0) is 43.9 Å². The van der Waals surface area contributed by atoms with Gasteiger partial charge < -0.3 is 15.3 Å². The van der Waals surface area contributed by atoms with Crippen LogP contribution in [0.1, 0.15) is 30.4 Å². The molecule has 1 aromatic rings. The van der Waals surface area contributed by atoms with E-state index in [4.69, 9.17) is 5.11 Å². The third kappa shape index (κ3) is 3.75.